The molecule has 0 fully saturated rings. The summed E-state index contributed by atoms with van der Waals surface area (Å²) in [6.45, 7) is 4.34. The van der Waals surface area contributed by atoms with E-state index in [2.05, 4.69) is 4.98 Å². The minimum Gasteiger partial charge on any atom is -0.494 e. The number of aliphatic carboxylic acids is 1. The lowest BCUT2D eigenvalue weighted by molar-refractivity contribution is -0.131. The number of ether oxygens (including phenoxy) is 1. The SMILES string of the molecule is Cc1cc(OCCCS(C)(=O)=O)cc(C)c1-c1cccc(-c2ccc3cc(C=CC(=O)O)c(F)cc3n2)c1. The van der Waals surface area contributed by atoms with Crippen LogP contribution in [0.2, 0.25) is 0 Å². The Morgan fingerprint density at radius 3 is 2.42 bits per heavy atom. The smallest absolute Gasteiger partial charge is 0.328 e. The zero-order chi connectivity index (χ0) is 27.4. The highest BCUT2D eigenvalue weighted by molar-refractivity contribution is 7.90. The van der Waals surface area contributed by atoms with E-state index in [4.69, 9.17) is 9.84 Å². The Morgan fingerprint density at radius 2 is 1.74 bits per heavy atom. The van der Waals surface area contributed by atoms with Crippen LogP contribution in [0.3, 0.4) is 0 Å². The van der Waals surface area contributed by atoms with E-state index in [0.717, 1.165) is 33.9 Å². The van der Waals surface area contributed by atoms with Gasteiger partial charge in [0.05, 0.1) is 23.6 Å². The molecule has 6 nitrogen and oxygen atoms in total. The normalized spacial score (nSPS) is 11.8. The molecule has 0 aliphatic heterocycles. The summed E-state index contributed by atoms with van der Waals surface area (Å²) in [4.78, 5) is 15.4. The van der Waals surface area contributed by atoms with E-state index in [1.165, 1.54) is 18.4 Å². The van der Waals surface area contributed by atoms with Crippen molar-refractivity contribution in [1.29, 1.82) is 0 Å². The topological polar surface area (TPSA) is 93.6 Å². The van der Waals surface area contributed by atoms with Crippen LogP contribution >= 0.6 is 0 Å². The molecule has 3 aromatic carbocycles. The molecule has 0 bridgehead atoms. The third-order valence-electron chi connectivity index (χ3n) is 6.09. The maximum Gasteiger partial charge on any atom is 0.328 e. The van der Waals surface area contributed by atoms with Crippen LogP contribution in [0.15, 0.2) is 66.7 Å². The summed E-state index contributed by atoms with van der Waals surface area (Å²) in [5.74, 6) is -0.897. The van der Waals surface area contributed by atoms with Crippen molar-refractivity contribution in [2.24, 2.45) is 0 Å². The number of rotatable bonds is 9. The number of pyridine rings is 1. The van der Waals surface area contributed by atoms with Gasteiger partial charge in [0.15, 0.2) is 0 Å². The zero-order valence-corrected chi connectivity index (χ0v) is 22.2. The minimum atomic E-state index is -3.01. The van der Waals surface area contributed by atoms with Gasteiger partial charge in [-0.25, -0.2) is 22.6 Å². The molecule has 0 amide bonds. The summed E-state index contributed by atoms with van der Waals surface area (Å²) in [6.07, 6.45) is 3.78. The quantitative estimate of drug-likeness (QED) is 0.202. The van der Waals surface area contributed by atoms with E-state index in [-0.39, 0.29) is 11.3 Å². The number of hydrogen-bond donors (Lipinski definition) is 1. The van der Waals surface area contributed by atoms with E-state index < -0.39 is 21.6 Å². The molecule has 4 rings (SSSR count). The Hall–Kier alpha value is -4.04. The first-order valence-electron chi connectivity index (χ1n) is 12.0. The fourth-order valence-electron chi connectivity index (χ4n) is 4.42. The van der Waals surface area contributed by atoms with E-state index in [9.17, 15) is 17.6 Å². The van der Waals surface area contributed by atoms with Gasteiger partial charge in [-0.2, -0.15) is 0 Å². The fraction of sp³-hybridized carbons (Fsp3) is 0.200. The van der Waals surface area contributed by atoms with Crippen LogP contribution in [0, 0.1) is 19.7 Å². The van der Waals surface area contributed by atoms with E-state index in [0.29, 0.717) is 35.4 Å². The summed E-state index contributed by atoms with van der Waals surface area (Å²) in [5.41, 5.74) is 6.34. The van der Waals surface area contributed by atoms with Gasteiger partial charge in [0.2, 0.25) is 0 Å². The van der Waals surface area contributed by atoms with Crippen LogP contribution in [-0.2, 0) is 14.6 Å². The number of fused-ring (bicyclic) bond motifs is 1. The highest BCUT2D eigenvalue weighted by Gasteiger charge is 2.12. The van der Waals surface area contributed by atoms with Crippen molar-refractivity contribution < 1.29 is 27.4 Å². The highest BCUT2D eigenvalue weighted by atomic mass is 32.2. The second-order valence-corrected chi connectivity index (χ2v) is 11.5. The molecule has 0 saturated heterocycles. The van der Waals surface area contributed by atoms with Gasteiger partial charge in [0.25, 0.3) is 0 Å². The molecule has 38 heavy (non-hydrogen) atoms. The molecular weight excluding hydrogens is 505 g/mol. The van der Waals surface area contributed by atoms with E-state index in [1.54, 1.807) is 6.07 Å². The Labute approximate surface area is 221 Å². The Bertz CT molecular complexity index is 1640. The average Bonchev–Trinajstić information content (AvgIpc) is 2.84. The van der Waals surface area contributed by atoms with Crippen molar-refractivity contribution in [3.05, 3.63) is 89.2 Å². The van der Waals surface area contributed by atoms with Gasteiger partial charge in [-0.1, -0.05) is 24.3 Å². The van der Waals surface area contributed by atoms with E-state index in [1.807, 2.05) is 62.4 Å². The molecule has 1 aromatic heterocycles. The number of carboxylic acid groups (broad SMARTS) is 1. The molecule has 0 spiro atoms. The summed E-state index contributed by atoms with van der Waals surface area (Å²) < 4.78 is 43.0. The predicted octanol–water partition coefficient (Wildman–Crippen LogP) is 6.24. The molecule has 1 N–H and O–H groups in total. The van der Waals surface area contributed by atoms with Crippen molar-refractivity contribution in [2.75, 3.05) is 18.6 Å². The number of carboxylic acids is 1. The van der Waals surface area contributed by atoms with Crippen molar-refractivity contribution >= 4 is 32.8 Å². The maximum absolute atomic E-state index is 14.5. The summed E-state index contributed by atoms with van der Waals surface area (Å²) in [7, 11) is -3.01. The van der Waals surface area contributed by atoms with E-state index >= 15 is 0 Å². The van der Waals surface area contributed by atoms with Gasteiger partial charge in [0.1, 0.15) is 21.4 Å². The van der Waals surface area contributed by atoms with Gasteiger partial charge in [-0.05, 0) is 78.9 Å². The highest BCUT2D eigenvalue weighted by Crippen LogP contribution is 2.33. The number of sulfone groups is 1. The molecule has 196 valence electrons. The monoisotopic (exact) mass is 533 g/mol. The number of benzene rings is 3. The van der Waals surface area contributed by atoms with Gasteiger partial charge < -0.3 is 9.84 Å². The first-order chi connectivity index (χ1) is 18.0. The molecule has 8 heteroatoms. The lowest BCUT2D eigenvalue weighted by Gasteiger charge is -2.15. The third-order valence-corrected chi connectivity index (χ3v) is 7.12. The molecule has 0 unspecified atom stereocenters. The lowest BCUT2D eigenvalue weighted by Crippen LogP contribution is -2.08. The first kappa shape index (κ1) is 27.0. The van der Waals surface area contributed by atoms with Crippen molar-refractivity contribution in [1.82, 2.24) is 4.98 Å². The number of halogens is 1. The van der Waals surface area contributed by atoms with Crippen LogP contribution in [-0.4, -0.2) is 43.1 Å². The standard InChI is InChI=1S/C30H28FNO5S/c1-19-14-25(37-12-5-13-38(3,35)36)15-20(2)30(19)24-7-4-6-22(17-24)27-10-8-23-16-21(9-11-29(33)34)26(31)18-28(23)32-27/h4,6-11,14-18H,5,12-13H2,1-3H3,(H,33,34). The zero-order valence-electron chi connectivity index (χ0n) is 21.4. The first-order valence-corrected chi connectivity index (χ1v) is 14.1. The van der Waals surface area contributed by atoms with Crippen LogP contribution in [0.5, 0.6) is 5.75 Å². The minimum absolute atomic E-state index is 0.0915. The predicted molar refractivity (Wildman–Crippen MR) is 149 cm³/mol. The Balaban J connectivity index is 1.60. The number of nitrogens with zero attached hydrogens (tertiary/aromatic N) is 1. The Kier molecular flexibility index (Phi) is 7.92. The number of aromatic nitrogens is 1. The van der Waals surface area contributed by atoms with Crippen LogP contribution < -0.4 is 4.74 Å². The number of aryl methyl sites for hydroxylation is 2. The molecule has 0 radical (unpaired) electrons. The summed E-state index contributed by atoms with van der Waals surface area (Å²) >= 11 is 0. The molecule has 0 aliphatic carbocycles. The second-order valence-electron chi connectivity index (χ2n) is 9.28. The van der Waals surface area contributed by atoms with Gasteiger partial charge >= 0.3 is 5.97 Å². The molecule has 1 heterocycles. The number of hydrogen-bond acceptors (Lipinski definition) is 5. The lowest BCUT2D eigenvalue weighted by atomic mass is 9.93. The van der Waals surface area contributed by atoms with Crippen LogP contribution in [0.25, 0.3) is 39.4 Å². The maximum atomic E-state index is 14.5. The largest absolute Gasteiger partial charge is 0.494 e. The van der Waals surface area contributed by atoms with Crippen molar-refractivity contribution in [2.45, 2.75) is 20.3 Å². The summed E-state index contributed by atoms with van der Waals surface area (Å²) in [6, 6.07) is 18.4. The second kappa shape index (κ2) is 11.1. The molecular formula is C30H28FNO5S. The van der Waals surface area contributed by atoms with Gasteiger partial charge in [-0.3, -0.25) is 0 Å². The average molecular weight is 534 g/mol. The van der Waals surface area contributed by atoms with Gasteiger partial charge in [0, 0.05) is 34.9 Å². The molecule has 0 saturated carbocycles. The molecule has 4 aromatic rings. The summed E-state index contributed by atoms with van der Waals surface area (Å²) in [5, 5.41) is 9.52. The third kappa shape index (κ3) is 6.63. The Morgan fingerprint density at radius 1 is 1.03 bits per heavy atom. The fourth-order valence-corrected chi connectivity index (χ4v) is 5.06. The van der Waals surface area contributed by atoms with Crippen LogP contribution in [0.4, 0.5) is 4.39 Å². The molecule has 0 aliphatic rings. The van der Waals surface area contributed by atoms with Crippen molar-refractivity contribution in [3.63, 3.8) is 0 Å². The number of carbonyl (C=O) groups is 1. The molecule has 0 atom stereocenters. The van der Waals surface area contributed by atoms with Gasteiger partial charge in [-0.15, -0.1) is 0 Å². The van der Waals surface area contributed by atoms with Crippen LogP contribution in [0.1, 0.15) is 23.1 Å². The van der Waals surface area contributed by atoms with Crippen molar-refractivity contribution in [3.8, 4) is 28.1 Å².